The highest BCUT2D eigenvalue weighted by molar-refractivity contribution is 6.22. The summed E-state index contributed by atoms with van der Waals surface area (Å²) in [7, 11) is 0. The lowest BCUT2D eigenvalue weighted by Crippen LogP contribution is -2.40. The minimum absolute atomic E-state index is 0.0384. The van der Waals surface area contributed by atoms with Crippen LogP contribution in [0.3, 0.4) is 0 Å². The van der Waals surface area contributed by atoms with Crippen molar-refractivity contribution in [3.8, 4) is 11.5 Å². The van der Waals surface area contributed by atoms with E-state index in [4.69, 9.17) is 9.47 Å². The van der Waals surface area contributed by atoms with Crippen LogP contribution < -0.4 is 14.4 Å². The van der Waals surface area contributed by atoms with Crippen LogP contribution in [0.5, 0.6) is 11.5 Å². The predicted molar refractivity (Wildman–Crippen MR) is 79.8 cm³/mol. The summed E-state index contributed by atoms with van der Waals surface area (Å²) < 4.78 is 10.7. The van der Waals surface area contributed by atoms with E-state index in [0.29, 0.717) is 29.0 Å². The van der Waals surface area contributed by atoms with Crippen LogP contribution in [0.1, 0.15) is 6.42 Å². The summed E-state index contributed by atoms with van der Waals surface area (Å²) in [6.45, 7) is 0.184. The highest BCUT2D eigenvalue weighted by Gasteiger charge is 2.67. The molecule has 0 aromatic heterocycles. The lowest BCUT2D eigenvalue weighted by molar-refractivity contribution is -0.124. The molecule has 2 bridgehead atoms. The molecule has 1 saturated heterocycles. The Hall–Kier alpha value is -2.30. The van der Waals surface area contributed by atoms with Crippen LogP contribution in [0.25, 0.3) is 0 Å². The van der Waals surface area contributed by atoms with Gasteiger partial charge in [-0.05, 0) is 42.2 Å². The number of anilines is 1. The lowest BCUT2D eigenvalue weighted by Gasteiger charge is -2.37. The molecule has 7 rings (SSSR count). The fourth-order valence-electron chi connectivity index (χ4n) is 5.24. The van der Waals surface area contributed by atoms with Crippen LogP contribution in [0.2, 0.25) is 0 Å². The molecule has 0 N–H and O–H groups in total. The van der Waals surface area contributed by atoms with Gasteiger partial charge in [0.25, 0.3) is 0 Å². The van der Waals surface area contributed by atoms with Gasteiger partial charge in [-0.3, -0.25) is 9.59 Å². The molecule has 0 unspecified atom stereocenters. The smallest absolute Gasteiger partial charge is 0.238 e. The second-order valence-corrected chi connectivity index (χ2v) is 7.20. The summed E-state index contributed by atoms with van der Waals surface area (Å²) in [6, 6.07) is 5.28. The zero-order chi connectivity index (χ0) is 15.3. The minimum Gasteiger partial charge on any atom is -0.454 e. The van der Waals surface area contributed by atoms with Crippen LogP contribution >= 0.6 is 0 Å². The number of hydrogen-bond donors (Lipinski definition) is 0. The molecular weight excluding hydrogens is 294 g/mol. The number of carbonyl (C=O) groups excluding carboxylic acids is 2. The number of hydrogen-bond acceptors (Lipinski definition) is 4. The average Bonchev–Trinajstić information content (AvgIpc) is 3.20. The summed E-state index contributed by atoms with van der Waals surface area (Å²) in [4.78, 5) is 27.4. The average molecular weight is 309 g/mol. The first-order valence-electron chi connectivity index (χ1n) is 8.20. The molecule has 23 heavy (non-hydrogen) atoms. The van der Waals surface area contributed by atoms with Gasteiger partial charge in [-0.1, -0.05) is 12.2 Å². The van der Waals surface area contributed by atoms with Crippen molar-refractivity contribution >= 4 is 17.5 Å². The second kappa shape index (κ2) is 3.78. The molecule has 2 saturated carbocycles. The van der Waals surface area contributed by atoms with Gasteiger partial charge in [-0.2, -0.15) is 0 Å². The van der Waals surface area contributed by atoms with Gasteiger partial charge < -0.3 is 9.47 Å². The number of allylic oxidation sites excluding steroid dienone is 2. The van der Waals surface area contributed by atoms with E-state index in [1.165, 1.54) is 11.3 Å². The fraction of sp³-hybridized carbons (Fsp3) is 0.444. The first-order chi connectivity index (χ1) is 11.2. The summed E-state index contributed by atoms with van der Waals surface area (Å²) in [5.41, 5.74) is 0.603. The molecule has 6 atom stereocenters. The number of rotatable bonds is 1. The summed E-state index contributed by atoms with van der Waals surface area (Å²) >= 11 is 0. The summed E-state index contributed by atoms with van der Waals surface area (Å²) in [5.74, 6) is 2.62. The third kappa shape index (κ3) is 1.35. The number of carbonyl (C=O) groups is 2. The maximum atomic E-state index is 13.0. The molecular formula is C18H15NO4. The first-order valence-corrected chi connectivity index (χ1v) is 8.20. The van der Waals surface area contributed by atoms with Crippen molar-refractivity contribution in [2.75, 3.05) is 11.7 Å². The van der Waals surface area contributed by atoms with Crippen molar-refractivity contribution in [2.24, 2.45) is 35.5 Å². The van der Waals surface area contributed by atoms with Gasteiger partial charge in [0.1, 0.15) is 0 Å². The quantitative estimate of drug-likeness (QED) is 0.588. The highest BCUT2D eigenvalue weighted by atomic mass is 16.7. The fourth-order valence-corrected chi connectivity index (χ4v) is 5.24. The second-order valence-electron chi connectivity index (χ2n) is 7.20. The SMILES string of the molecule is O=C1[C@@H]2[C@@H]3C=C[C@H]([C@H]4C[C@H]34)[C@@H]2C(=O)N1c1ccc2c(c1)OCO2. The highest BCUT2D eigenvalue weighted by Crippen LogP contribution is 2.65. The molecule has 0 radical (unpaired) electrons. The minimum atomic E-state index is -0.160. The maximum Gasteiger partial charge on any atom is 0.238 e. The van der Waals surface area contributed by atoms with E-state index < -0.39 is 0 Å². The van der Waals surface area contributed by atoms with E-state index in [1.54, 1.807) is 18.2 Å². The number of benzene rings is 1. The molecule has 5 nitrogen and oxygen atoms in total. The summed E-state index contributed by atoms with van der Waals surface area (Å²) in [5, 5.41) is 0. The molecule has 5 heteroatoms. The zero-order valence-electron chi connectivity index (χ0n) is 12.3. The van der Waals surface area contributed by atoms with Gasteiger partial charge in [0.05, 0.1) is 17.5 Å². The first kappa shape index (κ1) is 12.2. The Labute approximate surface area is 132 Å². The normalized spacial score (nSPS) is 41.3. The van der Waals surface area contributed by atoms with Crippen LogP contribution in [0.4, 0.5) is 5.69 Å². The lowest BCUT2D eigenvalue weighted by atomic mass is 9.63. The van der Waals surface area contributed by atoms with Gasteiger partial charge in [0.2, 0.25) is 18.6 Å². The predicted octanol–water partition coefficient (Wildman–Crippen LogP) is 1.97. The van der Waals surface area contributed by atoms with E-state index in [0.717, 1.165) is 0 Å². The number of nitrogens with zero attached hydrogens (tertiary/aromatic N) is 1. The number of amides is 2. The standard InChI is InChI=1S/C18H15NO4/c20-17-15-9-2-3-10(12-6-11(9)12)16(15)18(21)19(17)8-1-4-13-14(5-8)23-7-22-13/h1-5,9-12,15-16H,6-7H2/t9-,10-,11-,12-,15-,16+/m1/s1. The van der Waals surface area contributed by atoms with Crippen molar-refractivity contribution in [1.82, 2.24) is 0 Å². The van der Waals surface area contributed by atoms with Crippen LogP contribution in [-0.2, 0) is 9.59 Å². The number of fused-ring (bicyclic) bond motifs is 1. The maximum absolute atomic E-state index is 13.0. The third-order valence-corrected chi connectivity index (χ3v) is 6.28. The van der Waals surface area contributed by atoms with Gasteiger partial charge in [0.15, 0.2) is 11.5 Å². The van der Waals surface area contributed by atoms with E-state index in [2.05, 4.69) is 12.2 Å². The molecule has 6 aliphatic rings. The Balaban J connectivity index is 1.43. The third-order valence-electron chi connectivity index (χ3n) is 6.28. The molecule has 1 aromatic carbocycles. The largest absolute Gasteiger partial charge is 0.454 e. The van der Waals surface area contributed by atoms with Gasteiger partial charge in [-0.15, -0.1) is 0 Å². The molecule has 3 fully saturated rings. The summed E-state index contributed by atoms with van der Waals surface area (Å²) in [6.07, 6.45) is 5.56. The Morgan fingerprint density at radius 2 is 1.57 bits per heavy atom. The Morgan fingerprint density at radius 3 is 2.26 bits per heavy atom. The Bertz CT molecular complexity index is 764. The molecule has 0 spiro atoms. The van der Waals surface area contributed by atoms with Crippen molar-refractivity contribution in [2.45, 2.75) is 6.42 Å². The van der Waals surface area contributed by atoms with Crippen molar-refractivity contribution in [3.05, 3.63) is 30.4 Å². The van der Waals surface area contributed by atoms with E-state index in [1.807, 2.05) is 0 Å². The number of ether oxygens (including phenoxy) is 2. The van der Waals surface area contributed by atoms with Crippen molar-refractivity contribution < 1.29 is 19.1 Å². The van der Waals surface area contributed by atoms with Crippen LogP contribution in [-0.4, -0.2) is 18.6 Å². The van der Waals surface area contributed by atoms with Crippen molar-refractivity contribution in [3.63, 3.8) is 0 Å². The van der Waals surface area contributed by atoms with E-state index >= 15 is 0 Å². The van der Waals surface area contributed by atoms with Crippen molar-refractivity contribution in [1.29, 1.82) is 0 Å². The molecule has 1 aromatic rings. The molecule has 2 aliphatic heterocycles. The molecule has 2 amide bonds. The topological polar surface area (TPSA) is 55.8 Å². The van der Waals surface area contributed by atoms with Gasteiger partial charge in [0, 0.05) is 6.07 Å². The van der Waals surface area contributed by atoms with E-state index in [-0.39, 0.29) is 42.3 Å². The Kier molecular flexibility index (Phi) is 2.00. The molecule has 2 heterocycles. The van der Waals surface area contributed by atoms with Crippen LogP contribution in [0.15, 0.2) is 30.4 Å². The van der Waals surface area contributed by atoms with E-state index in [9.17, 15) is 9.59 Å². The number of imide groups is 1. The molecule has 4 aliphatic carbocycles. The Morgan fingerprint density at radius 1 is 0.913 bits per heavy atom. The van der Waals surface area contributed by atoms with Gasteiger partial charge in [-0.25, -0.2) is 4.90 Å². The monoisotopic (exact) mass is 309 g/mol. The van der Waals surface area contributed by atoms with Gasteiger partial charge >= 0.3 is 0 Å². The van der Waals surface area contributed by atoms with Crippen LogP contribution in [0, 0.1) is 35.5 Å². The zero-order valence-corrected chi connectivity index (χ0v) is 12.3. The molecule has 116 valence electrons.